The van der Waals surface area contributed by atoms with Gasteiger partial charge in [0.05, 0.1) is 6.61 Å². The number of para-hydroxylation sites is 1. The number of hydrogen-bond donors (Lipinski definition) is 0. The number of carbonyl (C=O) groups is 2. The Kier molecular flexibility index (Phi) is 6.12. The molecule has 0 aromatic heterocycles. The lowest BCUT2D eigenvalue weighted by atomic mass is 9.95. The molecule has 0 spiro atoms. The molecule has 3 heterocycles. The first-order valence-corrected chi connectivity index (χ1v) is 11.6. The summed E-state index contributed by atoms with van der Waals surface area (Å²) in [6.45, 7) is 3.42. The van der Waals surface area contributed by atoms with Gasteiger partial charge in [-0.1, -0.05) is 36.4 Å². The van der Waals surface area contributed by atoms with Crippen molar-refractivity contribution in [3.8, 4) is 5.75 Å². The molecule has 3 aliphatic rings. The summed E-state index contributed by atoms with van der Waals surface area (Å²) in [5.41, 5.74) is 3.74. The fourth-order valence-corrected chi connectivity index (χ4v) is 5.06. The van der Waals surface area contributed by atoms with E-state index in [1.54, 1.807) is 4.90 Å². The van der Waals surface area contributed by atoms with Crippen LogP contribution in [0.4, 0.5) is 0 Å². The first kappa shape index (κ1) is 21.0. The van der Waals surface area contributed by atoms with Gasteiger partial charge < -0.3 is 19.3 Å². The molecule has 0 aliphatic carbocycles. The number of benzene rings is 2. The molecule has 0 bridgehead atoms. The molecule has 0 saturated carbocycles. The number of hydrogen-bond acceptors (Lipinski definition) is 4. The lowest BCUT2D eigenvalue weighted by molar-refractivity contribution is -0.149. The minimum atomic E-state index is -0.396. The van der Waals surface area contributed by atoms with Crippen LogP contribution in [-0.4, -0.2) is 54.0 Å². The maximum absolute atomic E-state index is 13.5. The fraction of sp³-hybridized carbons (Fsp3) is 0.462. The van der Waals surface area contributed by atoms with Crippen LogP contribution < -0.4 is 4.74 Å². The molecule has 2 fully saturated rings. The first-order valence-electron chi connectivity index (χ1n) is 11.6. The molecule has 168 valence electrons. The molecule has 2 atom stereocenters. The van der Waals surface area contributed by atoms with E-state index in [1.807, 2.05) is 35.2 Å². The van der Waals surface area contributed by atoms with E-state index in [4.69, 9.17) is 9.47 Å². The molecule has 6 nitrogen and oxygen atoms in total. The molecular formula is C26H30N2O4. The minimum absolute atomic E-state index is 0.0408. The zero-order valence-corrected chi connectivity index (χ0v) is 18.4. The number of amides is 2. The smallest absolute Gasteiger partial charge is 0.261 e. The van der Waals surface area contributed by atoms with Gasteiger partial charge in [0.15, 0.2) is 6.61 Å². The Hall–Kier alpha value is -2.86. The van der Waals surface area contributed by atoms with E-state index >= 15 is 0 Å². The Bertz CT molecular complexity index is 971. The maximum atomic E-state index is 13.5. The van der Waals surface area contributed by atoms with Gasteiger partial charge >= 0.3 is 0 Å². The summed E-state index contributed by atoms with van der Waals surface area (Å²) in [4.78, 5) is 30.0. The highest BCUT2D eigenvalue weighted by molar-refractivity contribution is 5.88. The summed E-state index contributed by atoms with van der Waals surface area (Å²) < 4.78 is 11.2. The average Bonchev–Trinajstić information content (AvgIpc) is 3.52. The van der Waals surface area contributed by atoms with Crippen LogP contribution in [0, 0.1) is 0 Å². The molecule has 3 aliphatic heterocycles. The molecule has 2 aromatic carbocycles. The number of fused-ring (bicyclic) bond motifs is 1. The van der Waals surface area contributed by atoms with Crippen LogP contribution >= 0.6 is 0 Å². The van der Waals surface area contributed by atoms with Crippen molar-refractivity contribution in [2.24, 2.45) is 0 Å². The van der Waals surface area contributed by atoms with E-state index in [1.165, 1.54) is 16.7 Å². The molecule has 32 heavy (non-hydrogen) atoms. The number of likely N-dealkylation sites (tertiary alicyclic amines) is 1. The number of nitrogens with zero attached hydrogens (tertiary/aromatic N) is 2. The van der Waals surface area contributed by atoms with Crippen molar-refractivity contribution in [2.45, 2.75) is 50.7 Å². The Morgan fingerprint density at radius 1 is 1.00 bits per heavy atom. The van der Waals surface area contributed by atoms with Crippen molar-refractivity contribution in [3.63, 3.8) is 0 Å². The highest BCUT2D eigenvalue weighted by Crippen LogP contribution is 2.32. The lowest BCUT2D eigenvalue weighted by Crippen LogP contribution is -2.53. The van der Waals surface area contributed by atoms with Gasteiger partial charge in [-0.2, -0.15) is 0 Å². The minimum Gasteiger partial charge on any atom is -0.484 e. The molecule has 2 amide bonds. The van der Waals surface area contributed by atoms with E-state index in [9.17, 15) is 9.59 Å². The molecule has 1 unspecified atom stereocenters. The molecule has 0 N–H and O–H groups in total. The van der Waals surface area contributed by atoms with E-state index < -0.39 is 6.04 Å². The maximum Gasteiger partial charge on any atom is 0.261 e. The third-order valence-corrected chi connectivity index (χ3v) is 6.88. The largest absolute Gasteiger partial charge is 0.484 e. The van der Waals surface area contributed by atoms with Crippen LogP contribution in [0.5, 0.6) is 5.75 Å². The molecule has 0 radical (unpaired) electrons. The quantitative estimate of drug-likeness (QED) is 0.723. The van der Waals surface area contributed by atoms with E-state index in [0.717, 1.165) is 32.5 Å². The van der Waals surface area contributed by atoms with Gasteiger partial charge in [0.1, 0.15) is 11.8 Å². The topological polar surface area (TPSA) is 59.1 Å². The van der Waals surface area contributed by atoms with Gasteiger partial charge in [-0.05, 0) is 54.5 Å². The van der Waals surface area contributed by atoms with Gasteiger partial charge in [-0.3, -0.25) is 9.59 Å². The SMILES string of the molecule is O=C([C@H]1CCCCN1C(=O)COc1ccccc1)N1Cc2ccc(C3CCOC3)cc2C1. The van der Waals surface area contributed by atoms with E-state index in [-0.39, 0.29) is 18.4 Å². The summed E-state index contributed by atoms with van der Waals surface area (Å²) in [5, 5.41) is 0. The number of rotatable bonds is 5. The van der Waals surface area contributed by atoms with Crippen molar-refractivity contribution in [3.05, 3.63) is 65.2 Å². The summed E-state index contributed by atoms with van der Waals surface area (Å²) in [7, 11) is 0. The Morgan fingerprint density at radius 3 is 2.66 bits per heavy atom. The number of ether oxygens (including phenoxy) is 2. The van der Waals surface area contributed by atoms with Crippen LogP contribution in [0.3, 0.4) is 0 Å². The van der Waals surface area contributed by atoms with E-state index in [2.05, 4.69) is 18.2 Å². The first-order chi connectivity index (χ1) is 15.7. The predicted molar refractivity (Wildman–Crippen MR) is 120 cm³/mol. The Labute approximate surface area is 189 Å². The van der Waals surface area contributed by atoms with E-state index in [0.29, 0.717) is 37.7 Å². The van der Waals surface area contributed by atoms with Gasteiger partial charge in [-0.15, -0.1) is 0 Å². The highest BCUT2D eigenvalue weighted by atomic mass is 16.5. The van der Waals surface area contributed by atoms with Gasteiger partial charge in [0.25, 0.3) is 5.91 Å². The van der Waals surface area contributed by atoms with Gasteiger partial charge in [-0.25, -0.2) is 0 Å². The Balaban J connectivity index is 1.24. The van der Waals surface area contributed by atoms with Crippen molar-refractivity contribution in [2.75, 3.05) is 26.4 Å². The summed E-state index contributed by atoms with van der Waals surface area (Å²) >= 11 is 0. The highest BCUT2D eigenvalue weighted by Gasteiger charge is 2.37. The van der Waals surface area contributed by atoms with Crippen molar-refractivity contribution in [1.29, 1.82) is 0 Å². The second kappa shape index (κ2) is 9.33. The standard InChI is InChI=1S/C26H30N2O4/c29-25(18-32-23-6-2-1-3-7-23)28-12-5-4-8-24(28)26(30)27-15-20-10-9-19(14-22(20)16-27)21-11-13-31-17-21/h1-3,6-7,9-10,14,21,24H,4-5,8,11-13,15-18H2/t21?,24-/m1/s1. The molecule has 2 aromatic rings. The zero-order valence-electron chi connectivity index (χ0n) is 18.4. The second-order valence-electron chi connectivity index (χ2n) is 8.98. The van der Waals surface area contributed by atoms with Gasteiger partial charge in [0.2, 0.25) is 5.91 Å². The van der Waals surface area contributed by atoms with Gasteiger partial charge in [0, 0.05) is 32.2 Å². The van der Waals surface area contributed by atoms with Crippen LogP contribution in [0.2, 0.25) is 0 Å². The average molecular weight is 435 g/mol. The third kappa shape index (κ3) is 4.37. The molecule has 6 heteroatoms. The zero-order chi connectivity index (χ0) is 21.9. The van der Waals surface area contributed by atoms with Crippen LogP contribution in [-0.2, 0) is 27.4 Å². The van der Waals surface area contributed by atoms with Crippen LogP contribution in [0.1, 0.15) is 48.3 Å². The van der Waals surface area contributed by atoms with Crippen molar-refractivity contribution < 1.29 is 19.1 Å². The second-order valence-corrected chi connectivity index (χ2v) is 8.98. The monoisotopic (exact) mass is 434 g/mol. The van der Waals surface area contributed by atoms with Crippen molar-refractivity contribution in [1.82, 2.24) is 9.80 Å². The summed E-state index contributed by atoms with van der Waals surface area (Å²) in [5.74, 6) is 1.06. The number of piperidine rings is 1. The van der Waals surface area contributed by atoms with Crippen LogP contribution in [0.25, 0.3) is 0 Å². The number of carbonyl (C=O) groups excluding carboxylic acids is 2. The van der Waals surface area contributed by atoms with Crippen molar-refractivity contribution >= 4 is 11.8 Å². The normalized spacial score (nSPS) is 22.6. The third-order valence-electron chi connectivity index (χ3n) is 6.88. The Morgan fingerprint density at radius 2 is 1.84 bits per heavy atom. The fourth-order valence-electron chi connectivity index (χ4n) is 5.06. The lowest BCUT2D eigenvalue weighted by Gasteiger charge is -2.36. The summed E-state index contributed by atoms with van der Waals surface area (Å²) in [6.07, 6.45) is 3.67. The molecule has 5 rings (SSSR count). The van der Waals surface area contributed by atoms with Crippen LogP contribution in [0.15, 0.2) is 48.5 Å². The summed E-state index contributed by atoms with van der Waals surface area (Å²) in [6, 6.07) is 15.5. The molecule has 2 saturated heterocycles. The molecular weight excluding hydrogens is 404 g/mol. The predicted octanol–water partition coefficient (Wildman–Crippen LogP) is 3.49.